The minimum absolute atomic E-state index is 0.0544. The normalized spacial score (nSPS) is 19.7. The summed E-state index contributed by atoms with van der Waals surface area (Å²) in [4.78, 5) is 23.6. The zero-order chi connectivity index (χ0) is 17.2. The Balaban J connectivity index is 1.43. The van der Waals surface area contributed by atoms with E-state index < -0.39 is 0 Å². The number of nitrogens with zero attached hydrogens (tertiary/aromatic N) is 3. The molecular formula is C19H21FN4O. The van der Waals surface area contributed by atoms with E-state index in [2.05, 4.69) is 10.3 Å². The van der Waals surface area contributed by atoms with E-state index in [1.165, 1.54) is 12.1 Å². The van der Waals surface area contributed by atoms with Crippen LogP contribution in [-0.2, 0) is 24.2 Å². The average Bonchev–Trinajstić information content (AvgIpc) is 3.17. The summed E-state index contributed by atoms with van der Waals surface area (Å²) < 4.78 is 13.0. The zero-order valence-electron chi connectivity index (χ0n) is 14.0. The van der Waals surface area contributed by atoms with E-state index in [4.69, 9.17) is 4.98 Å². The Labute approximate surface area is 146 Å². The van der Waals surface area contributed by atoms with E-state index in [1.807, 2.05) is 11.1 Å². The van der Waals surface area contributed by atoms with Gasteiger partial charge in [-0.05, 0) is 37.1 Å². The molecule has 2 aromatic rings. The quantitative estimate of drug-likeness (QED) is 0.930. The molecule has 25 heavy (non-hydrogen) atoms. The molecule has 2 aliphatic heterocycles. The Morgan fingerprint density at radius 1 is 1.32 bits per heavy atom. The smallest absolute Gasteiger partial charge is 0.227 e. The zero-order valence-corrected chi connectivity index (χ0v) is 14.0. The lowest BCUT2D eigenvalue weighted by Gasteiger charge is -2.28. The Morgan fingerprint density at radius 2 is 2.16 bits per heavy atom. The molecule has 6 heteroatoms. The number of halogens is 1. The van der Waals surface area contributed by atoms with Gasteiger partial charge in [-0.2, -0.15) is 0 Å². The number of amides is 1. The number of benzene rings is 1. The number of nitrogens with one attached hydrogen (secondary N) is 1. The molecule has 0 radical (unpaired) electrons. The standard InChI is InChI=1S/C19H21FN4O/c20-15-5-3-13(4-6-15)10-18(25)24-9-7-16-14(12-24)11-22-19(23-16)17-2-1-8-21-17/h3-6,11,17,21H,1-2,7-10,12H2. The number of fused-ring (bicyclic) bond motifs is 1. The van der Waals surface area contributed by atoms with Crippen molar-refractivity contribution in [1.29, 1.82) is 0 Å². The monoisotopic (exact) mass is 340 g/mol. The summed E-state index contributed by atoms with van der Waals surface area (Å²) in [6.45, 7) is 2.24. The van der Waals surface area contributed by atoms with Crippen molar-refractivity contribution < 1.29 is 9.18 Å². The first-order valence-electron chi connectivity index (χ1n) is 8.79. The van der Waals surface area contributed by atoms with Crippen molar-refractivity contribution in [2.45, 2.75) is 38.3 Å². The molecular weight excluding hydrogens is 319 g/mol. The van der Waals surface area contributed by atoms with Crippen LogP contribution in [0.3, 0.4) is 0 Å². The fourth-order valence-electron chi connectivity index (χ4n) is 3.51. The summed E-state index contributed by atoms with van der Waals surface area (Å²) in [5.41, 5.74) is 2.92. The van der Waals surface area contributed by atoms with Crippen molar-refractivity contribution >= 4 is 5.91 Å². The molecule has 3 heterocycles. The summed E-state index contributed by atoms with van der Waals surface area (Å²) in [6.07, 6.45) is 5.17. The maximum atomic E-state index is 13.0. The van der Waals surface area contributed by atoms with Crippen molar-refractivity contribution in [3.8, 4) is 0 Å². The van der Waals surface area contributed by atoms with E-state index in [1.54, 1.807) is 12.1 Å². The molecule has 0 bridgehead atoms. The van der Waals surface area contributed by atoms with Gasteiger partial charge in [0, 0.05) is 31.3 Å². The van der Waals surface area contributed by atoms with Crippen LogP contribution in [0, 0.1) is 5.82 Å². The second kappa shape index (κ2) is 6.88. The summed E-state index contributed by atoms with van der Waals surface area (Å²) in [5.74, 6) is 0.647. The van der Waals surface area contributed by atoms with E-state index in [0.717, 1.165) is 48.5 Å². The summed E-state index contributed by atoms with van der Waals surface area (Å²) in [5, 5.41) is 3.42. The first kappa shape index (κ1) is 16.1. The van der Waals surface area contributed by atoms with Crippen molar-refractivity contribution in [3.63, 3.8) is 0 Å². The van der Waals surface area contributed by atoms with Gasteiger partial charge >= 0.3 is 0 Å². The number of hydrogen-bond acceptors (Lipinski definition) is 4. The van der Waals surface area contributed by atoms with Crippen LogP contribution in [0.2, 0.25) is 0 Å². The molecule has 1 atom stereocenters. The molecule has 1 aromatic heterocycles. The van der Waals surface area contributed by atoms with Gasteiger partial charge in [0.05, 0.1) is 18.2 Å². The Morgan fingerprint density at radius 3 is 2.92 bits per heavy atom. The topological polar surface area (TPSA) is 58.1 Å². The van der Waals surface area contributed by atoms with Crippen LogP contribution < -0.4 is 5.32 Å². The van der Waals surface area contributed by atoms with Crippen molar-refractivity contribution in [2.75, 3.05) is 13.1 Å². The first-order valence-corrected chi connectivity index (χ1v) is 8.79. The van der Waals surface area contributed by atoms with Gasteiger partial charge in [0.1, 0.15) is 11.6 Å². The molecule has 1 fully saturated rings. The van der Waals surface area contributed by atoms with Crippen LogP contribution in [-0.4, -0.2) is 33.9 Å². The highest BCUT2D eigenvalue weighted by molar-refractivity contribution is 5.79. The fourth-order valence-corrected chi connectivity index (χ4v) is 3.51. The lowest BCUT2D eigenvalue weighted by atomic mass is 10.0. The minimum atomic E-state index is -0.284. The second-order valence-electron chi connectivity index (χ2n) is 6.72. The van der Waals surface area contributed by atoms with Crippen LogP contribution in [0.25, 0.3) is 0 Å². The number of carbonyl (C=O) groups is 1. The Bertz CT molecular complexity index is 771. The van der Waals surface area contributed by atoms with Crippen LogP contribution in [0.1, 0.15) is 41.5 Å². The van der Waals surface area contributed by atoms with Crippen molar-refractivity contribution in [2.24, 2.45) is 0 Å². The molecule has 1 aromatic carbocycles. The summed E-state index contributed by atoms with van der Waals surface area (Å²) in [6, 6.07) is 6.37. The molecule has 4 rings (SSSR count). The third-order valence-corrected chi connectivity index (χ3v) is 4.95. The van der Waals surface area contributed by atoms with Crippen LogP contribution in [0.5, 0.6) is 0 Å². The van der Waals surface area contributed by atoms with Gasteiger partial charge in [0.2, 0.25) is 5.91 Å². The van der Waals surface area contributed by atoms with E-state index in [-0.39, 0.29) is 17.8 Å². The van der Waals surface area contributed by atoms with Crippen LogP contribution in [0.15, 0.2) is 30.5 Å². The molecule has 5 nitrogen and oxygen atoms in total. The predicted molar refractivity (Wildman–Crippen MR) is 91.2 cm³/mol. The highest BCUT2D eigenvalue weighted by atomic mass is 19.1. The molecule has 1 unspecified atom stereocenters. The van der Waals surface area contributed by atoms with Gasteiger partial charge < -0.3 is 10.2 Å². The molecule has 1 amide bonds. The maximum absolute atomic E-state index is 13.0. The van der Waals surface area contributed by atoms with Crippen molar-refractivity contribution in [1.82, 2.24) is 20.2 Å². The van der Waals surface area contributed by atoms with Gasteiger partial charge in [0.15, 0.2) is 0 Å². The van der Waals surface area contributed by atoms with Gasteiger partial charge in [-0.25, -0.2) is 14.4 Å². The Kier molecular flexibility index (Phi) is 4.44. The largest absolute Gasteiger partial charge is 0.338 e. The van der Waals surface area contributed by atoms with Gasteiger partial charge in [0.25, 0.3) is 0 Å². The number of aromatic nitrogens is 2. The third-order valence-electron chi connectivity index (χ3n) is 4.95. The molecule has 1 saturated heterocycles. The summed E-state index contributed by atoms with van der Waals surface area (Å²) in [7, 11) is 0. The van der Waals surface area contributed by atoms with E-state index in [9.17, 15) is 9.18 Å². The second-order valence-corrected chi connectivity index (χ2v) is 6.72. The summed E-state index contributed by atoms with van der Waals surface area (Å²) >= 11 is 0. The van der Waals surface area contributed by atoms with Crippen LogP contribution in [0.4, 0.5) is 4.39 Å². The van der Waals surface area contributed by atoms with Gasteiger partial charge in [-0.1, -0.05) is 12.1 Å². The predicted octanol–water partition coefficient (Wildman–Crippen LogP) is 2.17. The first-order chi connectivity index (χ1) is 12.2. The number of hydrogen-bond donors (Lipinski definition) is 1. The van der Waals surface area contributed by atoms with Crippen molar-refractivity contribution in [3.05, 3.63) is 58.9 Å². The number of rotatable bonds is 3. The Hall–Kier alpha value is -2.34. The van der Waals surface area contributed by atoms with Gasteiger partial charge in [-0.15, -0.1) is 0 Å². The highest BCUT2D eigenvalue weighted by Crippen LogP contribution is 2.23. The highest BCUT2D eigenvalue weighted by Gasteiger charge is 2.25. The maximum Gasteiger partial charge on any atom is 0.227 e. The van der Waals surface area contributed by atoms with Crippen LogP contribution >= 0.6 is 0 Å². The molecule has 0 aliphatic carbocycles. The SMILES string of the molecule is O=C(Cc1ccc(F)cc1)N1CCc2nc(C3CCCN3)ncc2C1. The molecule has 0 spiro atoms. The minimum Gasteiger partial charge on any atom is -0.338 e. The lowest BCUT2D eigenvalue weighted by Crippen LogP contribution is -2.37. The molecule has 2 aliphatic rings. The van der Waals surface area contributed by atoms with E-state index >= 15 is 0 Å². The third kappa shape index (κ3) is 3.54. The molecule has 1 N–H and O–H groups in total. The molecule has 130 valence electrons. The average molecular weight is 340 g/mol. The van der Waals surface area contributed by atoms with E-state index in [0.29, 0.717) is 19.5 Å². The fraction of sp³-hybridized carbons (Fsp3) is 0.421. The molecule has 0 saturated carbocycles. The lowest BCUT2D eigenvalue weighted by molar-refractivity contribution is -0.131. The van der Waals surface area contributed by atoms with Gasteiger partial charge in [-0.3, -0.25) is 4.79 Å². The number of carbonyl (C=O) groups excluding carboxylic acids is 1.